The summed E-state index contributed by atoms with van der Waals surface area (Å²) in [6.07, 6.45) is 3.35. The minimum absolute atomic E-state index is 0.154. The van der Waals surface area contributed by atoms with Crippen LogP contribution in [0.3, 0.4) is 0 Å². The lowest BCUT2D eigenvalue weighted by molar-refractivity contribution is 0.127. The van der Waals surface area contributed by atoms with Gasteiger partial charge in [-0.1, -0.05) is 12.1 Å². The number of thioether (sulfide) groups is 1. The van der Waals surface area contributed by atoms with Crippen molar-refractivity contribution in [1.82, 2.24) is 0 Å². The van der Waals surface area contributed by atoms with Gasteiger partial charge >= 0.3 is 0 Å². The van der Waals surface area contributed by atoms with Crippen LogP contribution in [0.1, 0.15) is 24.8 Å². The molecule has 3 rings (SSSR count). The van der Waals surface area contributed by atoms with Crippen molar-refractivity contribution >= 4 is 16.8 Å². The first-order valence-electron chi connectivity index (χ1n) is 6.36. The number of benzene rings is 1. The maximum absolute atomic E-state index is 12.8. The van der Waals surface area contributed by atoms with Gasteiger partial charge in [0.25, 0.3) is 0 Å². The van der Waals surface area contributed by atoms with Crippen LogP contribution in [0, 0.1) is 5.82 Å². The van der Waals surface area contributed by atoms with Crippen LogP contribution in [-0.4, -0.2) is 27.5 Å². The van der Waals surface area contributed by atoms with Crippen molar-refractivity contribution in [3.05, 3.63) is 35.6 Å². The number of halogens is 1. The molecule has 3 unspecified atom stereocenters. The Labute approximate surface area is 110 Å². The monoisotopic (exact) mass is 265 g/mol. The largest absolute Gasteiger partial charge is 0.393 e. The van der Waals surface area contributed by atoms with Crippen LogP contribution >= 0.6 is 11.8 Å². The van der Waals surface area contributed by atoms with E-state index in [1.165, 1.54) is 12.1 Å². The van der Waals surface area contributed by atoms with Gasteiger partial charge in [0.1, 0.15) is 5.82 Å². The summed E-state index contributed by atoms with van der Waals surface area (Å²) in [6, 6.07) is 7.00. The van der Waals surface area contributed by atoms with Crippen molar-refractivity contribution in [3.8, 4) is 0 Å². The number of aliphatic imine (C=N–C) groups is 1. The lowest BCUT2D eigenvalue weighted by atomic mass is 9.93. The Hall–Kier alpha value is -0.870. The van der Waals surface area contributed by atoms with E-state index in [4.69, 9.17) is 4.99 Å². The molecule has 3 atom stereocenters. The minimum Gasteiger partial charge on any atom is -0.393 e. The van der Waals surface area contributed by atoms with Crippen LogP contribution in [0.25, 0.3) is 0 Å². The van der Waals surface area contributed by atoms with Crippen LogP contribution in [-0.2, 0) is 6.42 Å². The maximum atomic E-state index is 12.8. The average Bonchev–Trinajstić information content (AvgIpc) is 2.73. The zero-order chi connectivity index (χ0) is 12.5. The highest BCUT2D eigenvalue weighted by Gasteiger charge is 2.35. The highest BCUT2D eigenvalue weighted by Crippen LogP contribution is 2.38. The van der Waals surface area contributed by atoms with Crippen molar-refractivity contribution in [2.45, 2.75) is 43.1 Å². The summed E-state index contributed by atoms with van der Waals surface area (Å²) < 4.78 is 12.8. The number of hydrogen-bond acceptors (Lipinski definition) is 3. The quantitative estimate of drug-likeness (QED) is 0.892. The molecule has 1 saturated carbocycles. The van der Waals surface area contributed by atoms with E-state index in [0.29, 0.717) is 11.3 Å². The molecule has 1 fully saturated rings. The van der Waals surface area contributed by atoms with Gasteiger partial charge in [-0.05, 0) is 37.0 Å². The molecule has 18 heavy (non-hydrogen) atoms. The standard InChI is InChI=1S/C14H16FNOS/c15-10-3-1-9(2-4-10)7-14-16-12-6-5-11(17)8-13(12)18-14/h1-4,11-13,17H,5-8H2. The summed E-state index contributed by atoms with van der Waals surface area (Å²) in [6.45, 7) is 0. The summed E-state index contributed by atoms with van der Waals surface area (Å²) >= 11 is 1.79. The first-order valence-corrected chi connectivity index (χ1v) is 7.24. The number of aliphatic hydroxyl groups excluding tert-OH is 1. The van der Waals surface area contributed by atoms with E-state index in [0.717, 1.165) is 36.3 Å². The highest BCUT2D eigenvalue weighted by molar-refractivity contribution is 8.14. The molecule has 1 aliphatic carbocycles. The maximum Gasteiger partial charge on any atom is 0.123 e. The number of nitrogens with zero attached hydrogens (tertiary/aromatic N) is 1. The van der Waals surface area contributed by atoms with E-state index in [1.807, 2.05) is 12.1 Å². The molecule has 0 bridgehead atoms. The third-order valence-corrected chi connectivity index (χ3v) is 4.93. The SMILES string of the molecule is OC1CCC2N=C(Cc3ccc(F)cc3)SC2C1. The fraction of sp³-hybridized carbons (Fsp3) is 0.500. The molecule has 2 aliphatic rings. The Balaban J connectivity index is 1.66. The van der Waals surface area contributed by atoms with Crippen molar-refractivity contribution < 1.29 is 9.50 Å². The van der Waals surface area contributed by atoms with Crippen molar-refractivity contribution in [2.75, 3.05) is 0 Å². The Bertz CT molecular complexity index is 459. The minimum atomic E-state index is -0.198. The van der Waals surface area contributed by atoms with E-state index in [9.17, 15) is 9.50 Å². The van der Waals surface area contributed by atoms with Gasteiger partial charge < -0.3 is 5.11 Å². The van der Waals surface area contributed by atoms with Gasteiger partial charge in [-0.15, -0.1) is 11.8 Å². The van der Waals surface area contributed by atoms with Crippen LogP contribution in [0.2, 0.25) is 0 Å². The zero-order valence-electron chi connectivity index (χ0n) is 10.1. The lowest BCUT2D eigenvalue weighted by Gasteiger charge is -2.26. The fourth-order valence-electron chi connectivity index (χ4n) is 2.62. The second-order valence-corrected chi connectivity index (χ2v) is 6.33. The molecule has 0 spiro atoms. The third kappa shape index (κ3) is 2.59. The van der Waals surface area contributed by atoms with Crippen LogP contribution in [0.5, 0.6) is 0 Å². The average molecular weight is 265 g/mol. The molecular formula is C14H16FNOS. The van der Waals surface area contributed by atoms with Gasteiger partial charge in [-0.2, -0.15) is 0 Å². The van der Waals surface area contributed by atoms with E-state index >= 15 is 0 Å². The van der Waals surface area contributed by atoms with E-state index < -0.39 is 0 Å². The van der Waals surface area contributed by atoms with Crippen LogP contribution in [0.15, 0.2) is 29.3 Å². The van der Waals surface area contributed by atoms with Crippen molar-refractivity contribution in [2.24, 2.45) is 4.99 Å². The number of fused-ring (bicyclic) bond motifs is 1. The molecule has 1 heterocycles. The second kappa shape index (κ2) is 5.02. The van der Waals surface area contributed by atoms with Gasteiger partial charge in [0.05, 0.1) is 17.2 Å². The predicted octanol–water partition coefficient (Wildman–Crippen LogP) is 2.80. The summed E-state index contributed by atoms with van der Waals surface area (Å²) in [5, 5.41) is 11.2. The summed E-state index contributed by atoms with van der Waals surface area (Å²) in [4.78, 5) is 4.74. The first kappa shape index (κ1) is 12.2. The molecule has 2 nitrogen and oxygen atoms in total. The number of hydrogen-bond donors (Lipinski definition) is 1. The molecule has 0 amide bonds. The molecule has 1 aromatic carbocycles. The first-order chi connectivity index (χ1) is 8.70. The number of aliphatic hydroxyl groups is 1. The van der Waals surface area contributed by atoms with Gasteiger partial charge in [-0.25, -0.2) is 4.39 Å². The lowest BCUT2D eigenvalue weighted by Crippen LogP contribution is -2.30. The molecule has 1 N–H and O–H groups in total. The molecule has 0 saturated heterocycles. The molecule has 96 valence electrons. The van der Waals surface area contributed by atoms with E-state index in [2.05, 4.69) is 0 Å². The van der Waals surface area contributed by atoms with E-state index in [-0.39, 0.29) is 11.9 Å². The summed E-state index contributed by atoms with van der Waals surface area (Å²) in [7, 11) is 0. The summed E-state index contributed by atoms with van der Waals surface area (Å²) in [5.74, 6) is -0.198. The molecule has 1 aliphatic heterocycles. The topological polar surface area (TPSA) is 32.6 Å². The van der Waals surface area contributed by atoms with Gasteiger partial charge in [0, 0.05) is 11.7 Å². The Kier molecular flexibility index (Phi) is 3.39. The Morgan fingerprint density at radius 3 is 2.83 bits per heavy atom. The zero-order valence-corrected chi connectivity index (χ0v) is 10.9. The van der Waals surface area contributed by atoms with E-state index in [1.54, 1.807) is 11.8 Å². The predicted molar refractivity (Wildman–Crippen MR) is 72.6 cm³/mol. The van der Waals surface area contributed by atoms with Crippen molar-refractivity contribution in [1.29, 1.82) is 0 Å². The summed E-state index contributed by atoms with van der Waals surface area (Å²) in [5.41, 5.74) is 1.10. The normalized spacial score (nSPS) is 31.0. The molecule has 4 heteroatoms. The smallest absolute Gasteiger partial charge is 0.123 e. The van der Waals surface area contributed by atoms with Gasteiger partial charge in [-0.3, -0.25) is 4.99 Å². The highest BCUT2D eigenvalue weighted by atomic mass is 32.2. The van der Waals surface area contributed by atoms with Crippen LogP contribution in [0.4, 0.5) is 4.39 Å². The van der Waals surface area contributed by atoms with Gasteiger partial charge in [0.15, 0.2) is 0 Å². The second-order valence-electron chi connectivity index (χ2n) is 5.02. The Morgan fingerprint density at radius 2 is 2.06 bits per heavy atom. The molecule has 1 aromatic rings. The molecule has 0 aromatic heterocycles. The van der Waals surface area contributed by atoms with Crippen molar-refractivity contribution in [3.63, 3.8) is 0 Å². The van der Waals surface area contributed by atoms with Gasteiger partial charge in [0.2, 0.25) is 0 Å². The Morgan fingerprint density at radius 1 is 1.28 bits per heavy atom. The number of rotatable bonds is 2. The fourth-order valence-corrected chi connectivity index (χ4v) is 4.09. The molecular weight excluding hydrogens is 249 g/mol. The molecule has 0 radical (unpaired) electrons. The van der Waals surface area contributed by atoms with Crippen LogP contribution < -0.4 is 0 Å². The third-order valence-electron chi connectivity index (χ3n) is 3.60.